The second-order valence-electron chi connectivity index (χ2n) is 2.90. The fourth-order valence-corrected chi connectivity index (χ4v) is 1.19. The van der Waals surface area contributed by atoms with Crippen LogP contribution in [0.25, 0.3) is 11.0 Å². The summed E-state index contributed by atoms with van der Waals surface area (Å²) in [6.07, 6.45) is 2.00. The Bertz CT molecular complexity index is 532. The number of nitrogens with one attached hydrogen (secondary N) is 1. The van der Waals surface area contributed by atoms with Crippen molar-refractivity contribution < 1.29 is 0 Å². The summed E-state index contributed by atoms with van der Waals surface area (Å²) in [6.45, 7) is 0.533. The number of nitrogen functional groups attached to an aromatic ring is 1. The van der Waals surface area contributed by atoms with Crippen LogP contribution in [0.15, 0.2) is 6.33 Å². The quantitative estimate of drug-likeness (QED) is 0.547. The summed E-state index contributed by atoms with van der Waals surface area (Å²) in [5.41, 5.74) is 12.2. The van der Waals surface area contributed by atoms with Gasteiger partial charge in [0.1, 0.15) is 17.8 Å². The van der Waals surface area contributed by atoms with Gasteiger partial charge >= 0.3 is 0 Å². The highest BCUT2D eigenvalue weighted by molar-refractivity contribution is 5.89. The van der Waals surface area contributed by atoms with Gasteiger partial charge in [-0.15, -0.1) is 0 Å². The zero-order chi connectivity index (χ0) is 10.7. The zero-order valence-corrected chi connectivity index (χ0v) is 7.99. The first-order valence-electron chi connectivity index (χ1n) is 4.46. The van der Waals surface area contributed by atoms with Crippen LogP contribution in [0.5, 0.6) is 0 Å². The van der Waals surface area contributed by atoms with Crippen LogP contribution in [-0.4, -0.2) is 26.7 Å². The Morgan fingerprint density at radius 3 is 3.07 bits per heavy atom. The maximum atomic E-state index is 5.70. The van der Waals surface area contributed by atoms with Crippen molar-refractivity contribution in [2.24, 2.45) is 5.73 Å². The summed E-state index contributed by atoms with van der Waals surface area (Å²) in [7, 11) is 0. The molecule has 15 heavy (non-hydrogen) atoms. The molecule has 2 heterocycles. The molecule has 0 spiro atoms. The number of H-pyrrole nitrogens is 1. The van der Waals surface area contributed by atoms with Crippen molar-refractivity contribution in [3.05, 3.63) is 12.0 Å². The van der Waals surface area contributed by atoms with E-state index in [1.54, 1.807) is 0 Å². The summed E-state index contributed by atoms with van der Waals surface area (Å²) in [5, 5.41) is 7.40. The van der Waals surface area contributed by atoms with Crippen molar-refractivity contribution in [1.29, 1.82) is 0 Å². The number of rotatable bonds is 1. The van der Waals surface area contributed by atoms with E-state index in [2.05, 4.69) is 32.0 Å². The van der Waals surface area contributed by atoms with Gasteiger partial charge in [-0.2, -0.15) is 5.10 Å². The van der Waals surface area contributed by atoms with Crippen LogP contribution in [0.3, 0.4) is 0 Å². The van der Waals surface area contributed by atoms with Crippen LogP contribution in [0.1, 0.15) is 12.1 Å². The number of aromatic nitrogens is 4. The van der Waals surface area contributed by atoms with Crippen LogP contribution < -0.4 is 11.5 Å². The lowest BCUT2D eigenvalue weighted by Crippen LogP contribution is -1.95. The van der Waals surface area contributed by atoms with E-state index in [1.165, 1.54) is 6.33 Å². The molecule has 0 radical (unpaired) electrons. The summed E-state index contributed by atoms with van der Waals surface area (Å²) in [5.74, 6) is 6.18. The monoisotopic (exact) mass is 202 g/mol. The van der Waals surface area contributed by atoms with Crippen molar-refractivity contribution in [1.82, 2.24) is 20.2 Å². The fraction of sp³-hybridized carbons (Fsp3) is 0.222. The van der Waals surface area contributed by atoms with Crippen LogP contribution in [0, 0.1) is 11.8 Å². The van der Waals surface area contributed by atoms with Gasteiger partial charge in [0.2, 0.25) is 0 Å². The summed E-state index contributed by atoms with van der Waals surface area (Å²) < 4.78 is 0. The second kappa shape index (κ2) is 3.94. The molecule has 6 heteroatoms. The minimum absolute atomic E-state index is 0.380. The number of nitrogens with two attached hydrogens (primary N) is 2. The molecule has 0 aliphatic carbocycles. The molecule has 0 bridgehead atoms. The maximum Gasteiger partial charge on any atom is 0.187 e. The van der Waals surface area contributed by atoms with E-state index < -0.39 is 0 Å². The summed E-state index contributed by atoms with van der Waals surface area (Å²) in [4.78, 5) is 7.85. The van der Waals surface area contributed by atoms with E-state index in [0.29, 0.717) is 35.5 Å². The number of hydrogen-bond acceptors (Lipinski definition) is 5. The molecule has 0 atom stereocenters. The second-order valence-corrected chi connectivity index (χ2v) is 2.90. The molecule has 6 nitrogen and oxygen atoms in total. The number of aromatic amines is 1. The van der Waals surface area contributed by atoms with Gasteiger partial charge < -0.3 is 11.5 Å². The molecule has 0 aliphatic rings. The standard InChI is InChI=1S/C9H10N6/c10-4-2-1-3-6-7-8(11)12-5-13-9(7)15-14-6/h5H,2,4,10H2,(H3,11,12,13,14,15). The third-order valence-electron chi connectivity index (χ3n) is 1.86. The molecule has 0 saturated heterocycles. The Balaban J connectivity index is 2.50. The lowest BCUT2D eigenvalue weighted by atomic mass is 10.3. The van der Waals surface area contributed by atoms with Gasteiger partial charge in [0.05, 0.1) is 5.39 Å². The van der Waals surface area contributed by atoms with E-state index >= 15 is 0 Å². The average Bonchev–Trinajstić information content (AvgIpc) is 2.63. The number of fused-ring (bicyclic) bond motifs is 1. The van der Waals surface area contributed by atoms with Crippen LogP contribution >= 0.6 is 0 Å². The normalized spacial score (nSPS) is 9.93. The lowest BCUT2D eigenvalue weighted by molar-refractivity contribution is 1.03. The molecular formula is C9H10N6. The van der Waals surface area contributed by atoms with E-state index in [9.17, 15) is 0 Å². The molecule has 2 aromatic heterocycles. The van der Waals surface area contributed by atoms with Crippen LogP contribution in [-0.2, 0) is 0 Å². The average molecular weight is 202 g/mol. The minimum Gasteiger partial charge on any atom is -0.383 e. The number of anilines is 1. The first kappa shape index (κ1) is 9.43. The molecule has 0 amide bonds. The Morgan fingerprint density at radius 1 is 1.40 bits per heavy atom. The highest BCUT2D eigenvalue weighted by atomic mass is 15.2. The predicted molar refractivity (Wildman–Crippen MR) is 56.6 cm³/mol. The Kier molecular flexibility index (Phi) is 2.48. The Labute approximate surface area is 86.1 Å². The van der Waals surface area contributed by atoms with Crippen LogP contribution in [0.4, 0.5) is 5.82 Å². The molecular weight excluding hydrogens is 192 g/mol. The zero-order valence-electron chi connectivity index (χ0n) is 7.99. The largest absolute Gasteiger partial charge is 0.383 e. The molecule has 0 aliphatic heterocycles. The van der Waals surface area contributed by atoms with Crippen molar-refractivity contribution in [2.45, 2.75) is 6.42 Å². The molecule has 0 fully saturated rings. The smallest absolute Gasteiger partial charge is 0.187 e. The SMILES string of the molecule is NCCC#Cc1[nH]nc2ncnc(N)c12. The number of nitrogens with zero attached hydrogens (tertiary/aromatic N) is 3. The van der Waals surface area contributed by atoms with Gasteiger partial charge in [0.25, 0.3) is 0 Å². The molecule has 0 aromatic carbocycles. The van der Waals surface area contributed by atoms with Crippen LogP contribution in [0.2, 0.25) is 0 Å². The molecule has 0 unspecified atom stereocenters. The minimum atomic E-state index is 0.380. The number of hydrogen-bond donors (Lipinski definition) is 3. The summed E-state index contributed by atoms with van der Waals surface area (Å²) in [6, 6.07) is 0. The first-order valence-corrected chi connectivity index (χ1v) is 4.46. The van der Waals surface area contributed by atoms with E-state index in [0.717, 1.165) is 0 Å². The maximum absolute atomic E-state index is 5.70. The highest BCUT2D eigenvalue weighted by Crippen LogP contribution is 2.17. The molecule has 2 rings (SSSR count). The molecule has 0 saturated carbocycles. The topological polar surface area (TPSA) is 106 Å². The first-order chi connectivity index (χ1) is 7.33. The van der Waals surface area contributed by atoms with Crippen molar-refractivity contribution in [3.63, 3.8) is 0 Å². The van der Waals surface area contributed by atoms with E-state index in [-0.39, 0.29) is 0 Å². The van der Waals surface area contributed by atoms with Gasteiger partial charge in [0, 0.05) is 13.0 Å². The van der Waals surface area contributed by atoms with Gasteiger partial charge in [-0.25, -0.2) is 9.97 Å². The van der Waals surface area contributed by atoms with Crippen molar-refractivity contribution in [3.8, 4) is 11.8 Å². The van der Waals surface area contributed by atoms with Crippen molar-refractivity contribution >= 4 is 16.9 Å². The van der Waals surface area contributed by atoms with Gasteiger partial charge in [-0.3, -0.25) is 5.10 Å². The third kappa shape index (κ3) is 1.73. The highest BCUT2D eigenvalue weighted by Gasteiger charge is 2.07. The Hall–Kier alpha value is -2.13. The van der Waals surface area contributed by atoms with E-state index in [4.69, 9.17) is 11.5 Å². The third-order valence-corrected chi connectivity index (χ3v) is 1.86. The summed E-state index contributed by atoms with van der Waals surface area (Å²) >= 11 is 0. The molecule has 76 valence electrons. The van der Waals surface area contributed by atoms with Gasteiger partial charge in [-0.1, -0.05) is 5.92 Å². The van der Waals surface area contributed by atoms with E-state index in [1.807, 2.05) is 0 Å². The van der Waals surface area contributed by atoms with Crippen molar-refractivity contribution in [2.75, 3.05) is 12.3 Å². The molecule has 2 aromatic rings. The lowest BCUT2D eigenvalue weighted by Gasteiger charge is -1.91. The fourth-order valence-electron chi connectivity index (χ4n) is 1.19. The molecule has 5 N–H and O–H groups in total. The van der Waals surface area contributed by atoms with Gasteiger partial charge in [-0.05, 0) is 5.92 Å². The van der Waals surface area contributed by atoms with Gasteiger partial charge in [0.15, 0.2) is 5.65 Å². The predicted octanol–water partition coefficient (Wildman–Crippen LogP) is -0.365. The Morgan fingerprint density at radius 2 is 2.27 bits per heavy atom.